The highest BCUT2D eigenvalue weighted by Gasteiger charge is 2.34. The fourth-order valence-electron chi connectivity index (χ4n) is 2.89. The lowest BCUT2D eigenvalue weighted by Crippen LogP contribution is -2.24. The summed E-state index contributed by atoms with van der Waals surface area (Å²) in [6.07, 6.45) is 0. The van der Waals surface area contributed by atoms with Crippen molar-refractivity contribution in [2.75, 3.05) is 0 Å². The lowest BCUT2D eigenvalue weighted by molar-refractivity contribution is 0.704. The van der Waals surface area contributed by atoms with Crippen LogP contribution in [0.2, 0.25) is 5.15 Å². The first-order valence-electron chi connectivity index (χ1n) is 6.76. The van der Waals surface area contributed by atoms with Gasteiger partial charge < -0.3 is 0 Å². The maximum Gasteiger partial charge on any atom is 0.132 e. The van der Waals surface area contributed by atoms with E-state index in [1.807, 2.05) is 25.1 Å². The van der Waals surface area contributed by atoms with E-state index in [9.17, 15) is 10.5 Å². The summed E-state index contributed by atoms with van der Waals surface area (Å²) in [7, 11) is 0. The number of benzene rings is 1. The van der Waals surface area contributed by atoms with Gasteiger partial charge in [0.25, 0.3) is 0 Å². The summed E-state index contributed by atoms with van der Waals surface area (Å²) in [5, 5.41) is 27.1. The first kappa shape index (κ1) is 14.3. The number of aromatic amines is 1. The molecule has 0 amide bonds. The Morgan fingerprint density at radius 2 is 2.05 bits per heavy atom. The van der Waals surface area contributed by atoms with Crippen molar-refractivity contribution in [3.05, 3.63) is 40.2 Å². The molecule has 3 rings (SSSR count). The molecule has 5 nitrogen and oxygen atoms in total. The Kier molecular flexibility index (Phi) is 3.44. The molecule has 2 unspecified atom stereocenters. The molecule has 0 aliphatic carbocycles. The molecule has 1 aliphatic heterocycles. The zero-order chi connectivity index (χ0) is 15.9. The van der Waals surface area contributed by atoms with Gasteiger partial charge in [0.15, 0.2) is 0 Å². The van der Waals surface area contributed by atoms with Gasteiger partial charge in [-0.15, -0.1) is 0 Å². The third-order valence-electron chi connectivity index (χ3n) is 3.98. The summed E-state index contributed by atoms with van der Waals surface area (Å²) in [5.41, 5.74) is 3.53. The van der Waals surface area contributed by atoms with E-state index in [1.54, 1.807) is 6.92 Å². The van der Waals surface area contributed by atoms with E-state index in [0.717, 1.165) is 22.2 Å². The van der Waals surface area contributed by atoms with Crippen molar-refractivity contribution in [3.8, 4) is 12.1 Å². The van der Waals surface area contributed by atoms with E-state index in [-0.39, 0.29) is 5.92 Å². The van der Waals surface area contributed by atoms with Crippen molar-refractivity contribution in [1.82, 2.24) is 10.2 Å². The number of aromatic nitrogens is 2. The van der Waals surface area contributed by atoms with E-state index in [4.69, 9.17) is 11.6 Å². The van der Waals surface area contributed by atoms with Crippen LogP contribution in [-0.4, -0.2) is 15.9 Å². The lowest BCUT2D eigenvalue weighted by Gasteiger charge is -2.26. The number of aliphatic imine (C=N–C) groups is 1. The van der Waals surface area contributed by atoms with Crippen LogP contribution in [0.1, 0.15) is 25.3 Å². The van der Waals surface area contributed by atoms with Crippen molar-refractivity contribution in [2.24, 2.45) is 10.9 Å². The summed E-state index contributed by atoms with van der Waals surface area (Å²) < 4.78 is 0. The molecule has 2 aromatic rings. The molecule has 1 aromatic heterocycles. The number of hydrogen-bond donors (Lipinski definition) is 1. The normalized spacial score (nSPS) is 21.4. The highest BCUT2D eigenvalue weighted by Crippen LogP contribution is 2.39. The number of fused-ring (bicyclic) bond motifs is 1. The number of hydrogen-bond acceptors (Lipinski definition) is 4. The van der Waals surface area contributed by atoms with Crippen molar-refractivity contribution in [1.29, 1.82) is 10.5 Å². The van der Waals surface area contributed by atoms with Crippen molar-refractivity contribution < 1.29 is 0 Å². The molecule has 108 valence electrons. The van der Waals surface area contributed by atoms with Crippen LogP contribution in [0.3, 0.4) is 0 Å². The number of halogens is 1. The van der Waals surface area contributed by atoms with Gasteiger partial charge in [-0.2, -0.15) is 15.6 Å². The quantitative estimate of drug-likeness (QED) is 0.870. The van der Waals surface area contributed by atoms with E-state index in [0.29, 0.717) is 16.4 Å². The lowest BCUT2D eigenvalue weighted by atomic mass is 9.77. The van der Waals surface area contributed by atoms with Gasteiger partial charge in [0.05, 0.1) is 34.8 Å². The fraction of sp³-hybridized carbons (Fsp3) is 0.250. The molecule has 6 heteroatoms. The second-order valence-corrected chi connectivity index (χ2v) is 5.64. The van der Waals surface area contributed by atoms with Gasteiger partial charge in [-0.3, -0.25) is 10.1 Å². The Balaban J connectivity index is 2.22. The number of allylic oxidation sites excluding steroid dienone is 2. The zero-order valence-corrected chi connectivity index (χ0v) is 12.8. The molecule has 2 heterocycles. The Morgan fingerprint density at radius 3 is 2.73 bits per heavy atom. The second kappa shape index (κ2) is 5.29. The highest BCUT2D eigenvalue weighted by molar-refractivity contribution is 6.34. The average Bonchev–Trinajstić information content (AvgIpc) is 2.87. The molecular weight excluding hydrogens is 298 g/mol. The summed E-state index contributed by atoms with van der Waals surface area (Å²) in [4.78, 5) is 4.34. The zero-order valence-electron chi connectivity index (χ0n) is 12.1. The standard InChI is InChI=1S/C16H12ClN5/c1-8-12(6-18)15(13(7-19)9(2)20-8)10-3-4-14-11(5-10)16(17)22-21-14/h3-5,12,15H,1-2H3,(H,21,22). The van der Waals surface area contributed by atoms with Gasteiger partial charge in [0, 0.05) is 17.0 Å². The molecule has 0 spiro atoms. The van der Waals surface area contributed by atoms with E-state index in [1.165, 1.54) is 0 Å². The largest absolute Gasteiger partial charge is 0.266 e. The molecular formula is C16H12ClN5. The van der Waals surface area contributed by atoms with Crippen molar-refractivity contribution in [3.63, 3.8) is 0 Å². The molecule has 0 fully saturated rings. The van der Waals surface area contributed by atoms with Crippen molar-refractivity contribution >= 4 is 28.2 Å². The van der Waals surface area contributed by atoms with E-state index in [2.05, 4.69) is 27.3 Å². The van der Waals surface area contributed by atoms with Gasteiger partial charge in [0.2, 0.25) is 0 Å². The molecule has 1 N–H and O–H groups in total. The Bertz CT molecular complexity index is 907. The number of nitrogens with zero attached hydrogens (tertiary/aromatic N) is 4. The average molecular weight is 310 g/mol. The first-order valence-corrected chi connectivity index (χ1v) is 7.13. The molecule has 0 saturated carbocycles. The van der Waals surface area contributed by atoms with Gasteiger partial charge in [-0.05, 0) is 31.5 Å². The first-order chi connectivity index (χ1) is 10.6. The molecule has 1 aliphatic rings. The van der Waals surface area contributed by atoms with Gasteiger partial charge in [0.1, 0.15) is 5.15 Å². The SMILES string of the molecule is CC1=NC(C)=C(C#N)C(c2ccc3n[nH]c(Cl)c3c2)C1C#N. The van der Waals surface area contributed by atoms with Crippen LogP contribution >= 0.6 is 11.6 Å². The number of rotatable bonds is 1. The molecule has 0 bridgehead atoms. The van der Waals surface area contributed by atoms with Crippen LogP contribution < -0.4 is 0 Å². The predicted octanol–water partition coefficient (Wildman–Crippen LogP) is 3.71. The number of nitrogens with one attached hydrogen (secondary N) is 1. The third-order valence-corrected chi connectivity index (χ3v) is 4.27. The highest BCUT2D eigenvalue weighted by atomic mass is 35.5. The maximum absolute atomic E-state index is 9.51. The van der Waals surface area contributed by atoms with E-state index < -0.39 is 5.92 Å². The van der Waals surface area contributed by atoms with Crippen LogP contribution in [0.5, 0.6) is 0 Å². The monoisotopic (exact) mass is 309 g/mol. The Morgan fingerprint density at radius 1 is 1.27 bits per heavy atom. The Labute approximate surface area is 132 Å². The minimum atomic E-state index is -0.457. The van der Waals surface area contributed by atoms with Crippen LogP contribution in [-0.2, 0) is 0 Å². The second-order valence-electron chi connectivity index (χ2n) is 5.26. The minimum absolute atomic E-state index is 0.331. The number of H-pyrrole nitrogens is 1. The third kappa shape index (κ3) is 2.07. The van der Waals surface area contributed by atoms with Crippen LogP contribution in [0.15, 0.2) is 34.5 Å². The molecule has 1 aromatic carbocycles. The summed E-state index contributed by atoms with van der Waals surface area (Å²) in [6, 6.07) is 10.1. The topological polar surface area (TPSA) is 88.6 Å². The van der Waals surface area contributed by atoms with Crippen LogP contribution in [0, 0.1) is 28.6 Å². The Hall–Kier alpha value is -2.63. The van der Waals surface area contributed by atoms with Crippen LogP contribution in [0.25, 0.3) is 10.9 Å². The molecule has 0 saturated heterocycles. The fourth-order valence-corrected chi connectivity index (χ4v) is 3.09. The van der Waals surface area contributed by atoms with Gasteiger partial charge >= 0.3 is 0 Å². The summed E-state index contributed by atoms with van der Waals surface area (Å²) in [6.45, 7) is 3.62. The summed E-state index contributed by atoms with van der Waals surface area (Å²) >= 11 is 6.10. The van der Waals surface area contributed by atoms with Gasteiger partial charge in [-0.25, -0.2) is 0 Å². The van der Waals surface area contributed by atoms with Crippen molar-refractivity contribution in [2.45, 2.75) is 19.8 Å². The maximum atomic E-state index is 9.51. The molecule has 22 heavy (non-hydrogen) atoms. The predicted molar refractivity (Wildman–Crippen MR) is 84.4 cm³/mol. The van der Waals surface area contributed by atoms with E-state index >= 15 is 0 Å². The molecule has 0 radical (unpaired) electrons. The minimum Gasteiger partial charge on any atom is -0.266 e. The molecule has 2 atom stereocenters. The van der Waals surface area contributed by atoms with Crippen LogP contribution in [0.4, 0.5) is 0 Å². The summed E-state index contributed by atoms with van der Waals surface area (Å²) in [5.74, 6) is -0.788. The number of nitriles is 2. The van der Waals surface area contributed by atoms with Gasteiger partial charge in [-0.1, -0.05) is 17.7 Å². The smallest absolute Gasteiger partial charge is 0.132 e.